The van der Waals surface area contributed by atoms with Gasteiger partial charge in [0, 0.05) is 23.4 Å². The summed E-state index contributed by atoms with van der Waals surface area (Å²) < 4.78 is 10.9. The second-order valence-corrected chi connectivity index (χ2v) is 6.56. The molecule has 136 valence electrons. The minimum Gasteiger partial charge on any atom is -0.493 e. The van der Waals surface area contributed by atoms with Crippen molar-refractivity contribution in [1.82, 2.24) is 0 Å². The topological polar surface area (TPSA) is 38.8 Å². The third-order valence-corrected chi connectivity index (χ3v) is 4.77. The average molecular weight is 351 g/mol. The van der Waals surface area contributed by atoms with Crippen molar-refractivity contribution in [3.63, 3.8) is 0 Å². The number of fused-ring (bicyclic) bond motifs is 1. The molecule has 1 aliphatic heterocycles. The fraction of sp³-hybridized carbons (Fsp3) is 0.318. The molecule has 26 heavy (non-hydrogen) atoms. The fourth-order valence-corrected chi connectivity index (χ4v) is 3.57. The van der Waals surface area contributed by atoms with Crippen LogP contribution in [0.15, 0.2) is 43.0 Å². The predicted molar refractivity (Wildman–Crippen MR) is 105 cm³/mol. The monoisotopic (exact) mass is 351 g/mol. The van der Waals surface area contributed by atoms with E-state index in [4.69, 9.17) is 9.47 Å². The van der Waals surface area contributed by atoms with E-state index in [0.717, 1.165) is 30.6 Å². The van der Waals surface area contributed by atoms with Gasteiger partial charge in [-0.3, -0.25) is 4.79 Å². The Morgan fingerprint density at radius 2 is 2.04 bits per heavy atom. The van der Waals surface area contributed by atoms with E-state index < -0.39 is 0 Å². The first-order valence-electron chi connectivity index (χ1n) is 8.86. The summed E-state index contributed by atoms with van der Waals surface area (Å²) in [7, 11) is 3.19. The molecule has 0 spiro atoms. The van der Waals surface area contributed by atoms with Gasteiger partial charge >= 0.3 is 0 Å². The number of hydrogen-bond donors (Lipinski definition) is 0. The molecule has 2 aromatic carbocycles. The summed E-state index contributed by atoms with van der Waals surface area (Å²) in [5, 5.41) is 0. The van der Waals surface area contributed by atoms with E-state index >= 15 is 0 Å². The van der Waals surface area contributed by atoms with Crippen LogP contribution in [0, 0.1) is 6.92 Å². The Morgan fingerprint density at radius 3 is 2.73 bits per heavy atom. The Morgan fingerprint density at radius 1 is 1.23 bits per heavy atom. The second kappa shape index (κ2) is 7.65. The molecule has 1 amide bonds. The summed E-state index contributed by atoms with van der Waals surface area (Å²) in [6, 6.07) is 9.92. The maximum atomic E-state index is 13.3. The zero-order valence-corrected chi connectivity index (χ0v) is 15.7. The van der Waals surface area contributed by atoms with Gasteiger partial charge in [0.2, 0.25) is 0 Å². The van der Waals surface area contributed by atoms with Crippen LogP contribution >= 0.6 is 0 Å². The van der Waals surface area contributed by atoms with Crippen molar-refractivity contribution in [2.24, 2.45) is 0 Å². The van der Waals surface area contributed by atoms with E-state index in [-0.39, 0.29) is 5.91 Å². The number of ether oxygens (including phenoxy) is 2. The third-order valence-electron chi connectivity index (χ3n) is 4.77. The fourth-order valence-electron chi connectivity index (χ4n) is 3.57. The molecule has 4 nitrogen and oxygen atoms in total. The lowest BCUT2D eigenvalue weighted by atomic mass is 9.98. The van der Waals surface area contributed by atoms with Gasteiger partial charge in [-0.2, -0.15) is 0 Å². The Kier molecular flexibility index (Phi) is 5.31. The zero-order chi connectivity index (χ0) is 18.7. The Bertz CT molecular complexity index is 842. The summed E-state index contributed by atoms with van der Waals surface area (Å²) in [5.74, 6) is 1.20. The van der Waals surface area contributed by atoms with Crippen molar-refractivity contribution in [3.05, 3.63) is 65.2 Å². The number of amides is 1. The smallest absolute Gasteiger partial charge is 0.258 e. The highest BCUT2D eigenvalue weighted by atomic mass is 16.5. The van der Waals surface area contributed by atoms with Crippen LogP contribution in [0.3, 0.4) is 0 Å². The van der Waals surface area contributed by atoms with E-state index in [1.165, 1.54) is 11.1 Å². The summed E-state index contributed by atoms with van der Waals surface area (Å²) in [5.41, 5.74) is 4.96. The Balaban J connectivity index is 2.03. The molecule has 0 fully saturated rings. The van der Waals surface area contributed by atoms with Gasteiger partial charge in [-0.25, -0.2) is 0 Å². The van der Waals surface area contributed by atoms with E-state index in [1.807, 2.05) is 17.0 Å². The Hall–Kier alpha value is -2.75. The van der Waals surface area contributed by atoms with Gasteiger partial charge in [-0.1, -0.05) is 23.8 Å². The molecular weight excluding hydrogens is 326 g/mol. The minimum absolute atomic E-state index is 0.0129. The van der Waals surface area contributed by atoms with Gasteiger partial charge < -0.3 is 14.4 Å². The number of anilines is 1. The van der Waals surface area contributed by atoms with E-state index in [9.17, 15) is 4.79 Å². The molecule has 2 aromatic rings. The van der Waals surface area contributed by atoms with Crippen molar-refractivity contribution in [3.8, 4) is 11.5 Å². The van der Waals surface area contributed by atoms with Crippen molar-refractivity contribution in [2.75, 3.05) is 25.7 Å². The van der Waals surface area contributed by atoms with Crippen LogP contribution in [0.25, 0.3) is 0 Å². The molecule has 0 radical (unpaired) electrons. The number of hydrogen-bond acceptors (Lipinski definition) is 3. The minimum atomic E-state index is -0.0129. The first-order valence-corrected chi connectivity index (χ1v) is 8.86. The average Bonchev–Trinajstić information content (AvgIpc) is 2.66. The van der Waals surface area contributed by atoms with Crippen LogP contribution < -0.4 is 14.4 Å². The van der Waals surface area contributed by atoms with Crippen LogP contribution in [0.4, 0.5) is 5.69 Å². The Labute approximate surface area is 155 Å². The number of allylic oxidation sites excluding steroid dienone is 1. The SMILES string of the molecule is C=CCc1cc(C(=O)N2CCCc3cc(C)ccc32)cc(OC)c1OC. The molecule has 0 unspecified atom stereocenters. The molecular formula is C22H25NO3. The van der Waals surface area contributed by atoms with Gasteiger partial charge in [0.05, 0.1) is 14.2 Å². The number of benzene rings is 2. The van der Waals surface area contributed by atoms with E-state index in [1.54, 1.807) is 26.4 Å². The van der Waals surface area contributed by atoms with Crippen molar-refractivity contribution >= 4 is 11.6 Å². The van der Waals surface area contributed by atoms with Gasteiger partial charge in [-0.15, -0.1) is 6.58 Å². The van der Waals surface area contributed by atoms with E-state index in [0.29, 0.717) is 23.5 Å². The molecule has 0 atom stereocenters. The summed E-state index contributed by atoms with van der Waals surface area (Å²) in [4.78, 5) is 15.1. The second-order valence-electron chi connectivity index (χ2n) is 6.56. The van der Waals surface area contributed by atoms with Crippen molar-refractivity contribution in [1.29, 1.82) is 0 Å². The molecule has 1 aliphatic rings. The highest BCUT2D eigenvalue weighted by Crippen LogP contribution is 2.35. The summed E-state index contributed by atoms with van der Waals surface area (Å²) in [6.07, 6.45) is 4.38. The number of methoxy groups -OCH3 is 2. The normalized spacial score (nSPS) is 13.1. The predicted octanol–water partition coefficient (Wildman–Crippen LogP) is 4.33. The first-order chi connectivity index (χ1) is 12.6. The highest BCUT2D eigenvalue weighted by Gasteiger charge is 2.25. The first kappa shape index (κ1) is 18.1. The third kappa shape index (κ3) is 3.32. The van der Waals surface area contributed by atoms with Gasteiger partial charge in [-0.05, 0) is 49.9 Å². The standard InChI is InChI=1S/C22H25NO3/c1-5-7-17-13-18(14-20(25-3)21(17)26-4)22(24)23-11-6-8-16-12-15(2)9-10-19(16)23/h5,9-10,12-14H,1,6-8,11H2,2-4H3. The van der Waals surface area contributed by atoms with Gasteiger partial charge in [0.15, 0.2) is 11.5 Å². The quantitative estimate of drug-likeness (QED) is 0.753. The van der Waals surface area contributed by atoms with Gasteiger partial charge in [0.25, 0.3) is 5.91 Å². The number of nitrogens with zero attached hydrogens (tertiary/aromatic N) is 1. The van der Waals surface area contributed by atoms with Crippen LogP contribution in [0.1, 0.15) is 33.5 Å². The molecule has 0 saturated carbocycles. The summed E-state index contributed by atoms with van der Waals surface area (Å²) >= 11 is 0. The highest BCUT2D eigenvalue weighted by molar-refractivity contribution is 6.07. The zero-order valence-electron chi connectivity index (χ0n) is 15.7. The molecule has 0 bridgehead atoms. The van der Waals surface area contributed by atoms with Gasteiger partial charge in [0.1, 0.15) is 0 Å². The maximum Gasteiger partial charge on any atom is 0.258 e. The van der Waals surface area contributed by atoms with Crippen LogP contribution in [-0.4, -0.2) is 26.7 Å². The lowest BCUT2D eigenvalue weighted by molar-refractivity contribution is 0.0984. The number of carbonyl (C=O) groups is 1. The maximum absolute atomic E-state index is 13.3. The lowest BCUT2D eigenvalue weighted by Gasteiger charge is -2.30. The van der Waals surface area contributed by atoms with E-state index in [2.05, 4.69) is 25.6 Å². The summed E-state index contributed by atoms with van der Waals surface area (Å²) in [6.45, 7) is 6.60. The largest absolute Gasteiger partial charge is 0.493 e. The van der Waals surface area contributed by atoms with Crippen molar-refractivity contribution < 1.29 is 14.3 Å². The molecule has 3 rings (SSSR count). The molecule has 4 heteroatoms. The van der Waals surface area contributed by atoms with Crippen LogP contribution in [0.2, 0.25) is 0 Å². The van der Waals surface area contributed by atoms with Crippen molar-refractivity contribution in [2.45, 2.75) is 26.2 Å². The lowest BCUT2D eigenvalue weighted by Crippen LogP contribution is -2.35. The molecule has 0 saturated heterocycles. The molecule has 0 aliphatic carbocycles. The number of rotatable bonds is 5. The van der Waals surface area contributed by atoms with Crippen LogP contribution in [0.5, 0.6) is 11.5 Å². The molecule has 1 heterocycles. The number of carbonyl (C=O) groups excluding carboxylic acids is 1. The van der Waals surface area contributed by atoms with Crippen LogP contribution in [-0.2, 0) is 12.8 Å². The molecule has 0 N–H and O–H groups in total. The molecule has 0 aromatic heterocycles. The number of aryl methyl sites for hydroxylation is 2.